The van der Waals surface area contributed by atoms with Crippen LogP contribution >= 0.6 is 11.3 Å². The number of aliphatic hydroxyl groups excluding tert-OH is 1. The maximum Gasteiger partial charge on any atom is 0.416 e. The van der Waals surface area contributed by atoms with Crippen LogP contribution in [0.25, 0.3) is 0 Å². The van der Waals surface area contributed by atoms with Gasteiger partial charge in [-0.2, -0.15) is 13.2 Å². The van der Waals surface area contributed by atoms with E-state index in [0.717, 1.165) is 12.1 Å². The van der Waals surface area contributed by atoms with Crippen molar-refractivity contribution in [3.05, 3.63) is 57.8 Å². The normalized spacial score (nSPS) is 13.0. The summed E-state index contributed by atoms with van der Waals surface area (Å²) < 4.78 is 37.2. The number of hydrogen-bond acceptors (Lipinski definition) is 3. The first-order chi connectivity index (χ1) is 9.88. The molecule has 0 radical (unpaired) electrons. The maximum absolute atomic E-state index is 12.4. The van der Waals surface area contributed by atoms with E-state index in [2.05, 4.69) is 5.32 Å². The van der Waals surface area contributed by atoms with Gasteiger partial charge in [0.15, 0.2) is 0 Å². The molecule has 0 spiro atoms. The molecule has 0 saturated carbocycles. The first kappa shape index (κ1) is 15.5. The number of nitrogens with one attached hydrogen (secondary N) is 1. The first-order valence-corrected chi connectivity index (χ1v) is 6.93. The van der Waals surface area contributed by atoms with Gasteiger partial charge in [0.05, 0.1) is 16.5 Å². The van der Waals surface area contributed by atoms with Gasteiger partial charge in [-0.15, -0.1) is 11.3 Å². The number of benzene rings is 1. The number of aliphatic hydroxyl groups is 1. The standard InChI is InChI=1S/C14H12F3NO2S/c15-14(16,17)10-5-3-9(4-6-10)11(19)8-18-13(20)12-2-1-7-21-12/h1-7,11,19H,8H2,(H,18,20). The van der Waals surface area contributed by atoms with Gasteiger partial charge in [0.2, 0.25) is 0 Å². The van der Waals surface area contributed by atoms with Gasteiger partial charge in [-0.25, -0.2) is 0 Å². The van der Waals surface area contributed by atoms with Crippen LogP contribution in [0.15, 0.2) is 41.8 Å². The van der Waals surface area contributed by atoms with Crippen molar-refractivity contribution >= 4 is 17.2 Å². The Balaban J connectivity index is 1.94. The minimum atomic E-state index is -4.41. The molecule has 21 heavy (non-hydrogen) atoms. The molecule has 1 aromatic carbocycles. The van der Waals surface area contributed by atoms with Gasteiger partial charge >= 0.3 is 6.18 Å². The monoisotopic (exact) mass is 315 g/mol. The molecule has 1 heterocycles. The van der Waals surface area contributed by atoms with Crippen LogP contribution in [-0.4, -0.2) is 17.6 Å². The summed E-state index contributed by atoms with van der Waals surface area (Å²) in [6.45, 7) is -0.0674. The Kier molecular flexibility index (Phi) is 4.64. The number of thiophene rings is 1. The Morgan fingerprint density at radius 3 is 2.43 bits per heavy atom. The van der Waals surface area contributed by atoms with Crippen molar-refractivity contribution < 1.29 is 23.1 Å². The Labute approximate surface area is 123 Å². The topological polar surface area (TPSA) is 49.3 Å². The molecule has 112 valence electrons. The third-order valence-electron chi connectivity index (χ3n) is 2.82. The van der Waals surface area contributed by atoms with E-state index in [0.29, 0.717) is 10.4 Å². The molecule has 0 aliphatic carbocycles. The van der Waals surface area contributed by atoms with Crippen LogP contribution in [-0.2, 0) is 6.18 Å². The van der Waals surface area contributed by atoms with Gasteiger partial charge in [-0.1, -0.05) is 18.2 Å². The lowest BCUT2D eigenvalue weighted by Crippen LogP contribution is -2.27. The van der Waals surface area contributed by atoms with Gasteiger partial charge < -0.3 is 10.4 Å². The summed E-state index contributed by atoms with van der Waals surface area (Å²) in [5.74, 6) is -0.323. The lowest BCUT2D eigenvalue weighted by atomic mass is 10.1. The zero-order chi connectivity index (χ0) is 15.5. The molecule has 0 bridgehead atoms. The fourth-order valence-corrected chi connectivity index (χ4v) is 2.34. The van der Waals surface area contributed by atoms with Crippen molar-refractivity contribution in [1.29, 1.82) is 0 Å². The summed E-state index contributed by atoms with van der Waals surface area (Å²) in [6, 6.07) is 7.57. The highest BCUT2D eigenvalue weighted by Crippen LogP contribution is 2.29. The van der Waals surface area contributed by atoms with E-state index in [1.165, 1.54) is 23.5 Å². The zero-order valence-corrected chi connectivity index (χ0v) is 11.5. The van der Waals surface area contributed by atoms with E-state index in [9.17, 15) is 23.1 Å². The number of halogens is 3. The minimum Gasteiger partial charge on any atom is -0.387 e. The molecule has 3 nitrogen and oxygen atoms in total. The van der Waals surface area contributed by atoms with Crippen molar-refractivity contribution in [3.8, 4) is 0 Å². The van der Waals surface area contributed by atoms with Crippen LogP contribution in [0.5, 0.6) is 0 Å². The number of carbonyl (C=O) groups excluding carboxylic acids is 1. The molecular formula is C14H12F3NO2S. The van der Waals surface area contributed by atoms with Crippen molar-refractivity contribution in [2.24, 2.45) is 0 Å². The smallest absolute Gasteiger partial charge is 0.387 e. The Hall–Kier alpha value is -1.86. The molecule has 7 heteroatoms. The number of hydrogen-bond donors (Lipinski definition) is 2. The van der Waals surface area contributed by atoms with Crippen molar-refractivity contribution in [2.75, 3.05) is 6.54 Å². The number of amides is 1. The summed E-state index contributed by atoms with van der Waals surface area (Å²) in [7, 11) is 0. The highest BCUT2D eigenvalue weighted by atomic mass is 32.1. The number of alkyl halides is 3. The SMILES string of the molecule is O=C(NCC(O)c1ccc(C(F)(F)F)cc1)c1cccs1. The molecular weight excluding hydrogens is 303 g/mol. The molecule has 0 aliphatic rings. The Morgan fingerprint density at radius 1 is 1.24 bits per heavy atom. The third kappa shape index (κ3) is 4.05. The molecule has 1 aromatic heterocycles. The largest absolute Gasteiger partial charge is 0.416 e. The predicted molar refractivity (Wildman–Crippen MR) is 73.1 cm³/mol. The average Bonchev–Trinajstić information content (AvgIpc) is 2.98. The second kappa shape index (κ2) is 6.28. The summed E-state index contributed by atoms with van der Waals surface area (Å²) in [4.78, 5) is 12.2. The van der Waals surface area contributed by atoms with Crippen LogP contribution < -0.4 is 5.32 Å². The maximum atomic E-state index is 12.4. The average molecular weight is 315 g/mol. The lowest BCUT2D eigenvalue weighted by Gasteiger charge is -2.13. The van der Waals surface area contributed by atoms with Gasteiger partial charge in [-0.05, 0) is 29.1 Å². The number of rotatable bonds is 4. The fourth-order valence-electron chi connectivity index (χ4n) is 1.70. The summed E-state index contributed by atoms with van der Waals surface area (Å²) in [6.07, 6.45) is -5.46. The minimum absolute atomic E-state index is 0.0674. The van der Waals surface area contributed by atoms with Crippen LogP contribution in [0.4, 0.5) is 13.2 Å². The van der Waals surface area contributed by atoms with Crippen LogP contribution in [0.1, 0.15) is 26.9 Å². The molecule has 1 unspecified atom stereocenters. The molecule has 0 fully saturated rings. The summed E-state index contributed by atoms with van der Waals surface area (Å²) in [5, 5.41) is 14.1. The van der Waals surface area contributed by atoms with E-state index >= 15 is 0 Å². The van der Waals surface area contributed by atoms with Gasteiger partial charge in [0.1, 0.15) is 0 Å². The van der Waals surface area contributed by atoms with Crippen LogP contribution in [0.3, 0.4) is 0 Å². The van der Waals surface area contributed by atoms with Gasteiger partial charge in [0, 0.05) is 6.54 Å². The summed E-state index contributed by atoms with van der Waals surface area (Å²) >= 11 is 1.26. The van der Waals surface area contributed by atoms with Gasteiger partial charge in [-0.3, -0.25) is 4.79 Å². The lowest BCUT2D eigenvalue weighted by molar-refractivity contribution is -0.137. The molecule has 1 atom stereocenters. The molecule has 2 N–H and O–H groups in total. The highest BCUT2D eigenvalue weighted by molar-refractivity contribution is 7.12. The van der Waals surface area contributed by atoms with E-state index in [4.69, 9.17) is 0 Å². The van der Waals surface area contributed by atoms with Crippen molar-refractivity contribution in [3.63, 3.8) is 0 Å². The van der Waals surface area contributed by atoms with E-state index in [-0.39, 0.29) is 12.5 Å². The van der Waals surface area contributed by atoms with Crippen LogP contribution in [0, 0.1) is 0 Å². The second-order valence-electron chi connectivity index (χ2n) is 4.32. The Morgan fingerprint density at radius 2 is 1.90 bits per heavy atom. The van der Waals surface area contributed by atoms with E-state index < -0.39 is 17.8 Å². The molecule has 2 aromatic rings. The fraction of sp³-hybridized carbons (Fsp3) is 0.214. The Bertz CT molecular complexity index is 594. The molecule has 2 rings (SSSR count). The highest BCUT2D eigenvalue weighted by Gasteiger charge is 2.30. The number of carbonyl (C=O) groups is 1. The molecule has 0 saturated heterocycles. The molecule has 0 aliphatic heterocycles. The van der Waals surface area contributed by atoms with Crippen molar-refractivity contribution in [1.82, 2.24) is 5.32 Å². The first-order valence-electron chi connectivity index (χ1n) is 6.05. The molecule has 1 amide bonds. The van der Waals surface area contributed by atoms with Crippen molar-refractivity contribution in [2.45, 2.75) is 12.3 Å². The van der Waals surface area contributed by atoms with Gasteiger partial charge in [0.25, 0.3) is 5.91 Å². The van der Waals surface area contributed by atoms with Crippen LogP contribution in [0.2, 0.25) is 0 Å². The zero-order valence-electron chi connectivity index (χ0n) is 10.7. The van der Waals surface area contributed by atoms with E-state index in [1.807, 2.05) is 0 Å². The summed E-state index contributed by atoms with van der Waals surface area (Å²) in [5.41, 5.74) is -0.462. The quantitative estimate of drug-likeness (QED) is 0.910. The second-order valence-corrected chi connectivity index (χ2v) is 5.27. The predicted octanol–water partition coefficient (Wildman–Crippen LogP) is 3.23. The van der Waals surface area contributed by atoms with E-state index in [1.54, 1.807) is 17.5 Å². The third-order valence-corrected chi connectivity index (χ3v) is 3.69.